The molecule has 2 aromatic carbocycles. The summed E-state index contributed by atoms with van der Waals surface area (Å²) in [5, 5.41) is 7.01. The van der Waals surface area contributed by atoms with Crippen LogP contribution in [0, 0.1) is 0 Å². The van der Waals surface area contributed by atoms with E-state index >= 15 is 0 Å². The van der Waals surface area contributed by atoms with E-state index in [1.54, 1.807) is 0 Å². The van der Waals surface area contributed by atoms with Gasteiger partial charge in [0.25, 0.3) is 0 Å². The number of aliphatic imine (C=N–C) groups is 1. The molecule has 0 aromatic heterocycles. The molecule has 1 aliphatic rings. The molecule has 2 N–H and O–H groups in total. The number of hydrogen-bond donors (Lipinski definition) is 2. The molecule has 1 saturated heterocycles. The highest BCUT2D eigenvalue weighted by Gasteiger charge is 2.34. The molecule has 170 valence electrons. The van der Waals surface area contributed by atoms with E-state index in [0.717, 1.165) is 49.9 Å². The van der Waals surface area contributed by atoms with E-state index in [9.17, 15) is 0 Å². The van der Waals surface area contributed by atoms with Gasteiger partial charge in [-0.1, -0.05) is 48.5 Å². The van der Waals surface area contributed by atoms with Crippen LogP contribution in [0.25, 0.3) is 0 Å². The lowest BCUT2D eigenvalue weighted by molar-refractivity contribution is 0.0514. The van der Waals surface area contributed by atoms with E-state index in [1.807, 2.05) is 25.2 Å². The Morgan fingerprint density at radius 3 is 2.29 bits per heavy atom. The van der Waals surface area contributed by atoms with Crippen LogP contribution >= 0.6 is 24.0 Å². The Morgan fingerprint density at radius 1 is 1.00 bits per heavy atom. The standard InChI is InChI=1S/C25H35N3O2.HI/c1-24(2,3)30-22-13-9-8-10-20(22)18-27-23(26-4)28-19-25(14-16-29-17-15-25)21-11-6-5-7-12-21;/h5-13H,14-19H2,1-4H3,(H2,26,27,28);1H. The van der Waals surface area contributed by atoms with Crippen LogP contribution in [0.4, 0.5) is 0 Å². The van der Waals surface area contributed by atoms with Crippen molar-refractivity contribution in [3.05, 3.63) is 65.7 Å². The zero-order valence-electron chi connectivity index (χ0n) is 19.1. The summed E-state index contributed by atoms with van der Waals surface area (Å²) in [7, 11) is 1.81. The number of guanidine groups is 1. The predicted molar refractivity (Wildman–Crippen MR) is 139 cm³/mol. The summed E-state index contributed by atoms with van der Waals surface area (Å²) in [6.45, 7) is 9.24. The van der Waals surface area contributed by atoms with E-state index in [1.165, 1.54) is 5.56 Å². The summed E-state index contributed by atoms with van der Waals surface area (Å²) < 4.78 is 11.8. The van der Waals surface area contributed by atoms with Gasteiger partial charge in [-0.15, -0.1) is 24.0 Å². The van der Waals surface area contributed by atoms with Crippen LogP contribution in [0.5, 0.6) is 5.75 Å². The monoisotopic (exact) mass is 537 g/mol. The van der Waals surface area contributed by atoms with Crippen molar-refractivity contribution in [2.45, 2.75) is 51.2 Å². The van der Waals surface area contributed by atoms with Gasteiger partial charge >= 0.3 is 0 Å². The van der Waals surface area contributed by atoms with Crippen molar-refractivity contribution < 1.29 is 9.47 Å². The molecule has 31 heavy (non-hydrogen) atoms. The Balaban J connectivity index is 0.00000341. The minimum Gasteiger partial charge on any atom is -0.488 e. The Labute approximate surface area is 204 Å². The fourth-order valence-electron chi connectivity index (χ4n) is 3.85. The first-order chi connectivity index (χ1) is 14.4. The molecule has 3 rings (SSSR count). The van der Waals surface area contributed by atoms with Gasteiger partial charge in [-0.25, -0.2) is 0 Å². The average Bonchev–Trinajstić information content (AvgIpc) is 2.75. The average molecular weight is 537 g/mol. The van der Waals surface area contributed by atoms with Crippen LogP contribution in [0.3, 0.4) is 0 Å². The predicted octanol–water partition coefficient (Wildman–Crippen LogP) is 4.90. The first-order valence-corrected chi connectivity index (χ1v) is 10.8. The summed E-state index contributed by atoms with van der Waals surface area (Å²) in [5.74, 6) is 1.69. The van der Waals surface area contributed by atoms with Crippen LogP contribution in [-0.4, -0.2) is 38.4 Å². The van der Waals surface area contributed by atoms with Crippen LogP contribution in [0.15, 0.2) is 59.6 Å². The van der Waals surface area contributed by atoms with Crippen LogP contribution < -0.4 is 15.4 Å². The Morgan fingerprint density at radius 2 is 1.65 bits per heavy atom. The number of rotatable bonds is 6. The van der Waals surface area contributed by atoms with E-state index in [-0.39, 0.29) is 35.0 Å². The molecule has 0 unspecified atom stereocenters. The van der Waals surface area contributed by atoms with Gasteiger partial charge in [0.15, 0.2) is 5.96 Å². The molecule has 5 nitrogen and oxygen atoms in total. The molecule has 1 aliphatic heterocycles. The number of benzene rings is 2. The van der Waals surface area contributed by atoms with Crippen molar-refractivity contribution in [2.24, 2.45) is 4.99 Å². The molecule has 0 spiro atoms. The Bertz CT molecular complexity index is 828. The van der Waals surface area contributed by atoms with Gasteiger partial charge in [0.05, 0.1) is 0 Å². The normalized spacial score (nSPS) is 16.2. The van der Waals surface area contributed by atoms with Crippen molar-refractivity contribution in [2.75, 3.05) is 26.8 Å². The molecular formula is C25H36IN3O2. The molecular weight excluding hydrogens is 501 g/mol. The van der Waals surface area contributed by atoms with Crippen molar-refractivity contribution in [3.63, 3.8) is 0 Å². The zero-order chi connectivity index (χ0) is 21.5. The van der Waals surface area contributed by atoms with E-state index < -0.39 is 0 Å². The summed E-state index contributed by atoms with van der Waals surface area (Å²) in [5.41, 5.74) is 2.30. The topological polar surface area (TPSA) is 54.9 Å². The van der Waals surface area contributed by atoms with Crippen LogP contribution in [0.1, 0.15) is 44.7 Å². The van der Waals surface area contributed by atoms with Crippen molar-refractivity contribution in [1.29, 1.82) is 0 Å². The minimum atomic E-state index is -0.235. The third-order valence-electron chi connectivity index (χ3n) is 5.49. The molecule has 0 saturated carbocycles. The van der Waals surface area contributed by atoms with Crippen molar-refractivity contribution >= 4 is 29.9 Å². The third-order valence-corrected chi connectivity index (χ3v) is 5.49. The van der Waals surface area contributed by atoms with E-state index in [4.69, 9.17) is 9.47 Å². The van der Waals surface area contributed by atoms with Crippen LogP contribution in [-0.2, 0) is 16.7 Å². The minimum absolute atomic E-state index is 0. The number of para-hydroxylation sites is 1. The van der Waals surface area contributed by atoms with Gasteiger partial charge in [0.1, 0.15) is 11.4 Å². The molecule has 1 heterocycles. The second-order valence-electron chi connectivity index (χ2n) is 8.86. The zero-order valence-corrected chi connectivity index (χ0v) is 21.4. The highest BCUT2D eigenvalue weighted by Crippen LogP contribution is 2.34. The number of nitrogens with zero attached hydrogens (tertiary/aromatic N) is 1. The van der Waals surface area contributed by atoms with Crippen molar-refractivity contribution in [3.8, 4) is 5.75 Å². The number of hydrogen-bond acceptors (Lipinski definition) is 3. The maximum absolute atomic E-state index is 6.11. The van der Waals surface area contributed by atoms with Gasteiger partial charge in [-0.2, -0.15) is 0 Å². The smallest absolute Gasteiger partial charge is 0.191 e. The Kier molecular flexibility index (Phi) is 9.62. The number of ether oxygens (including phenoxy) is 2. The quantitative estimate of drug-likeness (QED) is 0.313. The maximum Gasteiger partial charge on any atom is 0.191 e. The number of nitrogens with one attached hydrogen (secondary N) is 2. The van der Waals surface area contributed by atoms with Crippen molar-refractivity contribution in [1.82, 2.24) is 10.6 Å². The van der Waals surface area contributed by atoms with Gasteiger partial charge in [0.2, 0.25) is 0 Å². The molecule has 0 atom stereocenters. The SMILES string of the molecule is CN=C(NCc1ccccc1OC(C)(C)C)NCC1(c2ccccc2)CCOCC1.I. The Hall–Kier alpha value is -1.80. The third kappa shape index (κ3) is 7.38. The van der Waals surface area contributed by atoms with Crippen LogP contribution in [0.2, 0.25) is 0 Å². The molecule has 0 amide bonds. The molecule has 0 aliphatic carbocycles. The highest BCUT2D eigenvalue weighted by atomic mass is 127. The second kappa shape index (κ2) is 11.7. The lowest BCUT2D eigenvalue weighted by Crippen LogP contribution is -2.47. The fourth-order valence-corrected chi connectivity index (χ4v) is 3.85. The molecule has 6 heteroatoms. The van der Waals surface area contributed by atoms with Gasteiger partial charge in [0, 0.05) is 44.3 Å². The largest absolute Gasteiger partial charge is 0.488 e. The highest BCUT2D eigenvalue weighted by molar-refractivity contribution is 14.0. The van der Waals surface area contributed by atoms with Gasteiger partial charge in [-0.05, 0) is 45.2 Å². The van der Waals surface area contributed by atoms with E-state index in [2.05, 4.69) is 72.8 Å². The second-order valence-corrected chi connectivity index (χ2v) is 8.86. The number of halogens is 1. The first-order valence-electron chi connectivity index (χ1n) is 10.8. The van der Waals surface area contributed by atoms with E-state index in [0.29, 0.717) is 6.54 Å². The lowest BCUT2D eigenvalue weighted by atomic mass is 9.74. The molecule has 0 bridgehead atoms. The maximum atomic E-state index is 6.11. The summed E-state index contributed by atoms with van der Waals surface area (Å²) in [6, 6.07) is 18.9. The lowest BCUT2D eigenvalue weighted by Gasteiger charge is -2.38. The summed E-state index contributed by atoms with van der Waals surface area (Å²) >= 11 is 0. The summed E-state index contributed by atoms with van der Waals surface area (Å²) in [6.07, 6.45) is 2.01. The molecule has 0 radical (unpaired) electrons. The summed E-state index contributed by atoms with van der Waals surface area (Å²) in [4.78, 5) is 4.44. The fraction of sp³-hybridized carbons (Fsp3) is 0.480. The first kappa shape index (κ1) is 25.5. The molecule has 2 aromatic rings. The molecule has 1 fully saturated rings. The van der Waals surface area contributed by atoms with Gasteiger partial charge < -0.3 is 20.1 Å². The van der Waals surface area contributed by atoms with Gasteiger partial charge in [-0.3, -0.25) is 4.99 Å².